The van der Waals surface area contributed by atoms with E-state index in [1.807, 2.05) is 49.4 Å². The molecule has 1 amide bonds. The molecule has 0 saturated carbocycles. The Hall–Kier alpha value is -3.84. The van der Waals surface area contributed by atoms with Crippen LogP contribution in [0.4, 0.5) is 11.4 Å². The van der Waals surface area contributed by atoms with E-state index in [-0.39, 0.29) is 24.6 Å². The van der Waals surface area contributed by atoms with Crippen LogP contribution in [0.2, 0.25) is 5.02 Å². The number of hydrogen-bond donors (Lipinski definition) is 2. The number of ether oxygens (including phenoxy) is 1. The van der Waals surface area contributed by atoms with Crippen LogP contribution < -0.4 is 15.6 Å². The fourth-order valence-corrected chi connectivity index (χ4v) is 3.52. The monoisotopic (exact) mass is 462 g/mol. The molecule has 0 fully saturated rings. The fraction of sp³-hybridized carbons (Fsp3) is 0.160. The molecule has 0 spiro atoms. The van der Waals surface area contributed by atoms with Crippen molar-refractivity contribution in [1.29, 1.82) is 0 Å². The van der Waals surface area contributed by atoms with Gasteiger partial charge in [0.15, 0.2) is 6.61 Å². The molecule has 2 N–H and O–H groups in total. The first-order valence-corrected chi connectivity index (χ1v) is 10.9. The summed E-state index contributed by atoms with van der Waals surface area (Å²) >= 11 is 6.02. The number of aromatic nitrogens is 2. The van der Waals surface area contributed by atoms with Gasteiger partial charge >= 0.3 is 0 Å². The highest BCUT2D eigenvalue weighted by Crippen LogP contribution is 2.20. The summed E-state index contributed by atoms with van der Waals surface area (Å²) in [6.07, 6.45) is 0. The summed E-state index contributed by atoms with van der Waals surface area (Å²) in [4.78, 5) is 33.8. The Balaban J connectivity index is 1.37. The normalized spacial score (nSPS) is 10.7. The van der Waals surface area contributed by atoms with Gasteiger partial charge in [0, 0.05) is 22.9 Å². The number of carbonyl (C=O) groups excluding carboxylic acids is 1. The number of amides is 1. The Morgan fingerprint density at radius 2 is 1.79 bits per heavy atom. The van der Waals surface area contributed by atoms with Gasteiger partial charge in [-0.1, -0.05) is 29.8 Å². The number of H-pyrrole nitrogens is 1. The van der Waals surface area contributed by atoms with Gasteiger partial charge in [-0.05, 0) is 61.5 Å². The number of hydrogen-bond acceptors (Lipinski definition) is 5. The molecule has 33 heavy (non-hydrogen) atoms. The van der Waals surface area contributed by atoms with E-state index < -0.39 is 0 Å². The highest BCUT2D eigenvalue weighted by Gasteiger charge is 2.15. The molecule has 0 bridgehead atoms. The lowest BCUT2D eigenvalue weighted by atomic mass is 10.2. The molecule has 4 rings (SSSR count). The number of nitrogens with zero attached hydrogens (tertiary/aromatic N) is 2. The van der Waals surface area contributed by atoms with E-state index in [9.17, 15) is 9.59 Å². The van der Waals surface area contributed by atoms with E-state index in [0.29, 0.717) is 34.0 Å². The second-order valence-electron chi connectivity index (χ2n) is 7.39. The molecule has 7 nitrogen and oxygen atoms in total. The van der Waals surface area contributed by atoms with Crippen LogP contribution in [-0.2, 0) is 11.3 Å². The Kier molecular flexibility index (Phi) is 6.90. The molecule has 0 atom stereocenters. The van der Waals surface area contributed by atoms with Gasteiger partial charge in [-0.2, -0.15) is 0 Å². The van der Waals surface area contributed by atoms with Crippen molar-refractivity contribution in [2.45, 2.75) is 13.5 Å². The summed E-state index contributed by atoms with van der Waals surface area (Å²) in [5, 5.41) is 4.24. The summed E-state index contributed by atoms with van der Waals surface area (Å²) < 4.78 is 5.67. The van der Waals surface area contributed by atoms with E-state index in [1.54, 1.807) is 35.2 Å². The molecule has 3 aromatic carbocycles. The minimum absolute atomic E-state index is 0.122. The first kappa shape index (κ1) is 22.4. The van der Waals surface area contributed by atoms with Gasteiger partial charge in [-0.25, -0.2) is 4.98 Å². The second kappa shape index (κ2) is 10.2. The van der Waals surface area contributed by atoms with Crippen LogP contribution in [0.1, 0.15) is 12.7 Å². The Bertz CT molecular complexity index is 1310. The number of anilines is 2. The zero-order valence-corrected chi connectivity index (χ0v) is 18.8. The van der Waals surface area contributed by atoms with Crippen molar-refractivity contribution in [3.63, 3.8) is 0 Å². The summed E-state index contributed by atoms with van der Waals surface area (Å²) in [6, 6.07) is 22.1. The maximum atomic E-state index is 12.7. The third-order valence-corrected chi connectivity index (χ3v) is 5.31. The number of nitrogens with one attached hydrogen (secondary N) is 2. The van der Waals surface area contributed by atoms with Crippen molar-refractivity contribution < 1.29 is 9.53 Å². The summed E-state index contributed by atoms with van der Waals surface area (Å²) in [6.45, 7) is 2.34. The van der Waals surface area contributed by atoms with Crippen LogP contribution in [0.25, 0.3) is 10.9 Å². The van der Waals surface area contributed by atoms with E-state index in [0.717, 1.165) is 11.4 Å². The molecular weight excluding hydrogens is 440 g/mol. The SMILES string of the molecule is CCN(Cc1nc2cc(Cl)ccc2c(=O)[nH]1)C(=O)COc1ccc(Nc2ccccc2)cc1. The average Bonchev–Trinajstić information content (AvgIpc) is 2.82. The molecule has 1 heterocycles. The predicted molar refractivity (Wildman–Crippen MR) is 130 cm³/mol. The van der Waals surface area contributed by atoms with Gasteiger partial charge in [0.25, 0.3) is 11.5 Å². The lowest BCUT2D eigenvalue weighted by Crippen LogP contribution is -2.35. The van der Waals surface area contributed by atoms with Gasteiger partial charge in [-0.15, -0.1) is 0 Å². The van der Waals surface area contributed by atoms with Crippen LogP contribution in [0.3, 0.4) is 0 Å². The first-order valence-electron chi connectivity index (χ1n) is 10.5. The Morgan fingerprint density at radius 3 is 2.52 bits per heavy atom. The Labute approximate surface area is 196 Å². The lowest BCUT2D eigenvalue weighted by Gasteiger charge is -2.20. The smallest absolute Gasteiger partial charge is 0.260 e. The standard InChI is InChI=1S/C25H23ClN4O3/c1-2-30(15-23-28-22-14-17(26)8-13-21(22)25(32)29-23)24(31)16-33-20-11-9-19(10-12-20)27-18-6-4-3-5-7-18/h3-14,27H,2,15-16H2,1H3,(H,28,29,32). The maximum absolute atomic E-state index is 12.7. The van der Waals surface area contributed by atoms with Crippen LogP contribution in [0, 0.1) is 0 Å². The Morgan fingerprint density at radius 1 is 1.06 bits per heavy atom. The molecule has 1 aromatic heterocycles. The molecule has 0 aliphatic carbocycles. The maximum Gasteiger partial charge on any atom is 0.260 e. The van der Waals surface area contributed by atoms with Crippen LogP contribution >= 0.6 is 11.6 Å². The number of carbonyl (C=O) groups is 1. The van der Waals surface area contributed by atoms with Crippen LogP contribution in [0.5, 0.6) is 5.75 Å². The molecule has 0 unspecified atom stereocenters. The number of aromatic amines is 1. The third-order valence-electron chi connectivity index (χ3n) is 5.07. The molecule has 8 heteroatoms. The lowest BCUT2D eigenvalue weighted by molar-refractivity contribution is -0.133. The zero-order chi connectivity index (χ0) is 23.2. The third kappa shape index (κ3) is 5.70. The van der Waals surface area contributed by atoms with Crippen molar-refractivity contribution >= 4 is 39.8 Å². The van der Waals surface area contributed by atoms with E-state index in [1.165, 1.54) is 0 Å². The topological polar surface area (TPSA) is 87.3 Å². The van der Waals surface area contributed by atoms with Gasteiger partial charge < -0.3 is 19.9 Å². The highest BCUT2D eigenvalue weighted by atomic mass is 35.5. The summed E-state index contributed by atoms with van der Waals surface area (Å²) in [5.74, 6) is 0.768. The zero-order valence-electron chi connectivity index (χ0n) is 18.0. The number of rotatable bonds is 8. The van der Waals surface area contributed by atoms with E-state index in [2.05, 4.69) is 15.3 Å². The average molecular weight is 463 g/mol. The number of halogens is 1. The molecule has 0 saturated heterocycles. The van der Waals surface area contributed by atoms with Crippen molar-refractivity contribution in [3.8, 4) is 5.75 Å². The predicted octanol–water partition coefficient (Wildman–Crippen LogP) is 4.75. The van der Waals surface area contributed by atoms with Crippen molar-refractivity contribution in [3.05, 3.63) is 94.0 Å². The molecule has 4 aromatic rings. The van der Waals surface area contributed by atoms with Crippen molar-refractivity contribution in [2.24, 2.45) is 0 Å². The van der Waals surface area contributed by atoms with Gasteiger partial charge in [0.1, 0.15) is 11.6 Å². The van der Waals surface area contributed by atoms with E-state index >= 15 is 0 Å². The molecule has 168 valence electrons. The minimum Gasteiger partial charge on any atom is -0.484 e. The van der Waals surface area contributed by atoms with E-state index in [4.69, 9.17) is 16.3 Å². The fourth-order valence-electron chi connectivity index (χ4n) is 3.35. The van der Waals surface area contributed by atoms with Crippen molar-refractivity contribution in [2.75, 3.05) is 18.5 Å². The number of benzene rings is 3. The van der Waals surface area contributed by atoms with Crippen molar-refractivity contribution in [1.82, 2.24) is 14.9 Å². The minimum atomic E-state index is -0.268. The summed E-state index contributed by atoms with van der Waals surface area (Å²) in [7, 11) is 0. The quantitative estimate of drug-likeness (QED) is 0.394. The van der Waals surface area contributed by atoms with Gasteiger partial charge in [0.05, 0.1) is 17.4 Å². The molecular formula is C25H23ClN4O3. The van der Waals surface area contributed by atoms with Crippen LogP contribution in [-0.4, -0.2) is 33.9 Å². The van der Waals surface area contributed by atoms with Gasteiger partial charge in [0.2, 0.25) is 0 Å². The number of para-hydroxylation sites is 1. The second-order valence-corrected chi connectivity index (χ2v) is 7.82. The number of fused-ring (bicyclic) bond motifs is 1. The molecule has 0 radical (unpaired) electrons. The largest absolute Gasteiger partial charge is 0.484 e. The van der Waals surface area contributed by atoms with Gasteiger partial charge in [-0.3, -0.25) is 9.59 Å². The first-order chi connectivity index (χ1) is 16.0. The molecule has 0 aliphatic rings. The summed E-state index contributed by atoms with van der Waals surface area (Å²) in [5.41, 5.74) is 2.13. The number of likely N-dealkylation sites (N-methyl/N-ethyl adjacent to an activating group) is 1. The highest BCUT2D eigenvalue weighted by molar-refractivity contribution is 6.31. The van der Waals surface area contributed by atoms with Crippen LogP contribution in [0.15, 0.2) is 77.6 Å². The molecule has 0 aliphatic heterocycles.